The number of aromatic nitrogens is 1. The molecule has 2 aromatic carbocycles. The van der Waals surface area contributed by atoms with Gasteiger partial charge in [0, 0.05) is 16.8 Å². The maximum atomic E-state index is 12.5. The van der Waals surface area contributed by atoms with Gasteiger partial charge in [0.2, 0.25) is 5.91 Å². The number of halogens is 1. The molecule has 0 radical (unpaired) electrons. The van der Waals surface area contributed by atoms with E-state index in [0.29, 0.717) is 21.9 Å². The van der Waals surface area contributed by atoms with Gasteiger partial charge >= 0.3 is 0 Å². The number of anilines is 2. The number of fused-ring (bicyclic) bond motifs is 1. The van der Waals surface area contributed by atoms with E-state index in [9.17, 15) is 9.59 Å². The molecule has 27 heavy (non-hydrogen) atoms. The number of nitrogens with one attached hydrogen (secondary N) is 2. The minimum Gasteiger partial charge on any atom is -0.325 e. The van der Waals surface area contributed by atoms with Crippen molar-refractivity contribution < 1.29 is 9.59 Å². The van der Waals surface area contributed by atoms with E-state index in [1.807, 2.05) is 26.2 Å². The molecule has 0 saturated heterocycles. The lowest BCUT2D eigenvalue weighted by Crippen LogP contribution is -2.27. The molecule has 0 aliphatic rings. The molecule has 0 aliphatic heterocycles. The summed E-state index contributed by atoms with van der Waals surface area (Å²) in [5.41, 5.74) is 2.01. The van der Waals surface area contributed by atoms with Crippen LogP contribution < -0.4 is 10.6 Å². The van der Waals surface area contributed by atoms with Gasteiger partial charge in [-0.1, -0.05) is 35.9 Å². The molecule has 1 heterocycles. The molecule has 0 saturated carbocycles. The number of nitrogens with zero attached hydrogens (tertiary/aromatic N) is 2. The number of rotatable bonds is 5. The standard InChI is InChI=1S/C20H19ClN4O2/c1-25(2)12-18(26)22-14-6-4-7-15(11-14)23-20(27)17-10-9-13-5-3-8-16(21)19(13)24-17/h3-11H,12H2,1-2H3,(H,22,26)(H,23,27). The van der Waals surface area contributed by atoms with Gasteiger partial charge in [-0.15, -0.1) is 0 Å². The summed E-state index contributed by atoms with van der Waals surface area (Å²) in [7, 11) is 3.64. The smallest absolute Gasteiger partial charge is 0.274 e. The third kappa shape index (κ3) is 4.81. The first-order valence-corrected chi connectivity index (χ1v) is 8.71. The lowest BCUT2D eigenvalue weighted by molar-refractivity contribution is -0.116. The van der Waals surface area contributed by atoms with E-state index in [1.54, 1.807) is 47.4 Å². The minimum absolute atomic E-state index is 0.130. The largest absolute Gasteiger partial charge is 0.325 e. The molecule has 7 heteroatoms. The highest BCUT2D eigenvalue weighted by Gasteiger charge is 2.11. The van der Waals surface area contributed by atoms with E-state index in [2.05, 4.69) is 15.6 Å². The number of benzene rings is 2. The number of pyridine rings is 1. The monoisotopic (exact) mass is 382 g/mol. The summed E-state index contributed by atoms with van der Waals surface area (Å²) < 4.78 is 0. The predicted octanol–water partition coefficient (Wildman–Crippen LogP) is 3.64. The summed E-state index contributed by atoms with van der Waals surface area (Å²) in [6.45, 7) is 0.276. The Balaban J connectivity index is 1.75. The van der Waals surface area contributed by atoms with E-state index < -0.39 is 0 Å². The van der Waals surface area contributed by atoms with Crippen molar-refractivity contribution in [2.75, 3.05) is 31.3 Å². The highest BCUT2D eigenvalue weighted by Crippen LogP contribution is 2.22. The van der Waals surface area contributed by atoms with Crippen LogP contribution in [0.2, 0.25) is 5.02 Å². The molecule has 0 atom stereocenters. The first-order chi connectivity index (χ1) is 12.9. The Morgan fingerprint density at radius 3 is 2.44 bits per heavy atom. The zero-order valence-electron chi connectivity index (χ0n) is 15.0. The van der Waals surface area contributed by atoms with Crippen molar-refractivity contribution in [1.82, 2.24) is 9.88 Å². The average Bonchev–Trinajstić information content (AvgIpc) is 2.61. The number of hydrogen-bond donors (Lipinski definition) is 2. The normalized spacial score (nSPS) is 10.8. The van der Waals surface area contributed by atoms with E-state index in [4.69, 9.17) is 11.6 Å². The number of carbonyl (C=O) groups excluding carboxylic acids is 2. The van der Waals surface area contributed by atoms with Crippen LogP contribution in [-0.4, -0.2) is 42.3 Å². The molecule has 1 aromatic heterocycles. The van der Waals surface area contributed by atoms with Crippen molar-refractivity contribution in [2.45, 2.75) is 0 Å². The molecule has 0 bridgehead atoms. The summed E-state index contributed by atoms with van der Waals surface area (Å²) in [5, 5.41) is 6.94. The van der Waals surface area contributed by atoms with Crippen LogP contribution in [0.15, 0.2) is 54.6 Å². The summed E-state index contributed by atoms with van der Waals surface area (Å²) in [6.07, 6.45) is 0. The molecular formula is C20H19ClN4O2. The van der Waals surface area contributed by atoms with Crippen LogP contribution in [0.25, 0.3) is 10.9 Å². The topological polar surface area (TPSA) is 74.3 Å². The molecule has 138 valence electrons. The number of para-hydroxylation sites is 1. The van der Waals surface area contributed by atoms with Gasteiger partial charge in [-0.05, 0) is 44.4 Å². The third-order valence-electron chi connectivity index (χ3n) is 3.77. The van der Waals surface area contributed by atoms with Crippen molar-refractivity contribution in [3.8, 4) is 0 Å². The molecule has 3 aromatic rings. The Morgan fingerprint density at radius 1 is 1.00 bits per heavy atom. The van der Waals surface area contributed by atoms with Gasteiger partial charge in [0.25, 0.3) is 5.91 Å². The molecule has 0 spiro atoms. The quantitative estimate of drug-likeness (QED) is 0.706. The maximum Gasteiger partial charge on any atom is 0.274 e. The van der Waals surface area contributed by atoms with Gasteiger partial charge in [-0.3, -0.25) is 9.59 Å². The molecule has 0 unspecified atom stereocenters. The zero-order valence-corrected chi connectivity index (χ0v) is 15.7. The number of carbonyl (C=O) groups is 2. The van der Waals surface area contributed by atoms with Crippen molar-refractivity contribution in [2.24, 2.45) is 0 Å². The molecule has 2 amide bonds. The van der Waals surface area contributed by atoms with Gasteiger partial charge in [0.05, 0.1) is 17.1 Å². The Bertz CT molecular complexity index is 1000. The Hall–Kier alpha value is -2.96. The first kappa shape index (κ1) is 18.8. The molecule has 2 N–H and O–H groups in total. The Kier molecular flexibility index (Phi) is 5.69. The van der Waals surface area contributed by atoms with Crippen molar-refractivity contribution in [3.63, 3.8) is 0 Å². The second-order valence-electron chi connectivity index (χ2n) is 6.33. The number of likely N-dealkylation sites (N-methyl/N-ethyl adjacent to an activating group) is 1. The Labute approximate surface area is 162 Å². The van der Waals surface area contributed by atoms with Crippen LogP contribution in [0.1, 0.15) is 10.5 Å². The van der Waals surface area contributed by atoms with Crippen LogP contribution in [0.4, 0.5) is 11.4 Å². The molecular weight excluding hydrogens is 364 g/mol. The van der Waals surface area contributed by atoms with Crippen LogP contribution in [-0.2, 0) is 4.79 Å². The van der Waals surface area contributed by atoms with E-state index in [0.717, 1.165) is 5.39 Å². The second kappa shape index (κ2) is 8.16. The van der Waals surface area contributed by atoms with Gasteiger partial charge in [0.1, 0.15) is 5.69 Å². The van der Waals surface area contributed by atoms with Crippen molar-refractivity contribution >= 4 is 45.7 Å². The maximum absolute atomic E-state index is 12.5. The summed E-state index contributed by atoms with van der Waals surface area (Å²) in [4.78, 5) is 30.5. The first-order valence-electron chi connectivity index (χ1n) is 8.33. The summed E-state index contributed by atoms with van der Waals surface area (Å²) >= 11 is 6.16. The van der Waals surface area contributed by atoms with E-state index in [1.165, 1.54) is 0 Å². The Morgan fingerprint density at radius 2 is 1.70 bits per heavy atom. The van der Waals surface area contributed by atoms with Gasteiger partial charge < -0.3 is 15.5 Å². The van der Waals surface area contributed by atoms with Crippen LogP contribution in [0.3, 0.4) is 0 Å². The fraction of sp³-hybridized carbons (Fsp3) is 0.150. The summed E-state index contributed by atoms with van der Waals surface area (Å²) in [5.74, 6) is -0.483. The molecule has 0 aliphatic carbocycles. The predicted molar refractivity (Wildman–Crippen MR) is 108 cm³/mol. The van der Waals surface area contributed by atoms with E-state index in [-0.39, 0.29) is 24.1 Å². The highest BCUT2D eigenvalue weighted by atomic mass is 35.5. The van der Waals surface area contributed by atoms with E-state index >= 15 is 0 Å². The number of hydrogen-bond acceptors (Lipinski definition) is 4. The second-order valence-corrected chi connectivity index (χ2v) is 6.74. The molecule has 3 rings (SSSR count). The summed E-state index contributed by atoms with van der Waals surface area (Å²) in [6, 6.07) is 15.9. The van der Waals surface area contributed by atoms with Crippen LogP contribution in [0, 0.1) is 0 Å². The fourth-order valence-corrected chi connectivity index (χ4v) is 2.82. The van der Waals surface area contributed by atoms with Crippen LogP contribution in [0.5, 0.6) is 0 Å². The van der Waals surface area contributed by atoms with Gasteiger partial charge in [-0.2, -0.15) is 0 Å². The lowest BCUT2D eigenvalue weighted by atomic mass is 10.2. The van der Waals surface area contributed by atoms with Crippen LogP contribution >= 0.6 is 11.6 Å². The van der Waals surface area contributed by atoms with Gasteiger partial charge in [0.15, 0.2) is 0 Å². The fourth-order valence-electron chi connectivity index (χ4n) is 2.59. The molecule has 6 nitrogen and oxygen atoms in total. The lowest BCUT2D eigenvalue weighted by Gasteiger charge is -2.11. The number of amides is 2. The van der Waals surface area contributed by atoms with Crippen molar-refractivity contribution in [3.05, 3.63) is 65.3 Å². The molecule has 0 fully saturated rings. The zero-order chi connectivity index (χ0) is 19.4. The third-order valence-corrected chi connectivity index (χ3v) is 4.07. The van der Waals surface area contributed by atoms with Crippen molar-refractivity contribution in [1.29, 1.82) is 0 Å². The average molecular weight is 383 g/mol. The highest BCUT2D eigenvalue weighted by molar-refractivity contribution is 6.35. The SMILES string of the molecule is CN(C)CC(=O)Nc1cccc(NC(=O)c2ccc3cccc(Cl)c3n2)c1. The minimum atomic E-state index is -0.353. The van der Waals surface area contributed by atoms with Gasteiger partial charge in [-0.25, -0.2) is 4.98 Å².